The summed E-state index contributed by atoms with van der Waals surface area (Å²) in [6, 6.07) is 5.95. The van der Waals surface area contributed by atoms with Crippen molar-refractivity contribution < 1.29 is 0 Å². The molecule has 1 saturated heterocycles. The first kappa shape index (κ1) is 13.9. The summed E-state index contributed by atoms with van der Waals surface area (Å²) in [5.74, 6) is 1.18. The van der Waals surface area contributed by atoms with Crippen LogP contribution in [0, 0.1) is 6.92 Å². The van der Waals surface area contributed by atoms with Crippen LogP contribution in [0.4, 0.5) is 5.82 Å². The van der Waals surface area contributed by atoms with Crippen molar-refractivity contribution in [2.24, 2.45) is 0 Å². The molecule has 20 heavy (non-hydrogen) atoms. The number of piperidine rings is 1. The van der Waals surface area contributed by atoms with E-state index >= 15 is 0 Å². The van der Waals surface area contributed by atoms with Crippen molar-refractivity contribution in [3.05, 3.63) is 23.4 Å². The number of anilines is 1. The molecule has 2 fully saturated rings. The predicted octanol–water partition coefficient (Wildman–Crippen LogP) is 3.41. The van der Waals surface area contributed by atoms with Crippen LogP contribution in [0.25, 0.3) is 0 Å². The minimum atomic E-state index is 0.686. The second kappa shape index (κ2) is 6.13. The second-order valence-electron chi connectivity index (χ2n) is 6.32. The van der Waals surface area contributed by atoms with Crippen LogP contribution >= 0.6 is 0 Å². The Morgan fingerprint density at radius 1 is 1.25 bits per heavy atom. The van der Waals surface area contributed by atoms with Crippen molar-refractivity contribution >= 4 is 5.82 Å². The molecular formula is C17H27N3. The predicted molar refractivity (Wildman–Crippen MR) is 84.1 cm³/mol. The van der Waals surface area contributed by atoms with Crippen molar-refractivity contribution in [3.8, 4) is 0 Å². The van der Waals surface area contributed by atoms with Gasteiger partial charge in [0.15, 0.2) is 0 Å². The van der Waals surface area contributed by atoms with E-state index in [1.807, 2.05) is 0 Å². The average Bonchev–Trinajstić information content (AvgIpc) is 3.30. The van der Waals surface area contributed by atoms with Crippen LogP contribution < -0.4 is 10.2 Å². The lowest BCUT2D eigenvalue weighted by Gasteiger charge is -2.36. The van der Waals surface area contributed by atoms with E-state index in [0.717, 1.165) is 12.6 Å². The monoisotopic (exact) mass is 273 g/mol. The van der Waals surface area contributed by atoms with Crippen molar-refractivity contribution in [2.45, 2.75) is 71.0 Å². The van der Waals surface area contributed by atoms with E-state index in [1.54, 1.807) is 0 Å². The molecule has 0 radical (unpaired) electrons. The summed E-state index contributed by atoms with van der Waals surface area (Å²) in [5.41, 5.74) is 2.54. The van der Waals surface area contributed by atoms with Gasteiger partial charge in [0, 0.05) is 30.9 Å². The number of hydrogen-bond donors (Lipinski definition) is 1. The molecule has 2 aliphatic rings. The Kier molecular flexibility index (Phi) is 4.25. The van der Waals surface area contributed by atoms with E-state index in [-0.39, 0.29) is 0 Å². The van der Waals surface area contributed by atoms with Gasteiger partial charge in [0.1, 0.15) is 5.82 Å². The highest BCUT2D eigenvalue weighted by atomic mass is 15.2. The molecule has 1 N–H and O–H groups in total. The van der Waals surface area contributed by atoms with Gasteiger partial charge in [-0.25, -0.2) is 4.98 Å². The van der Waals surface area contributed by atoms with Crippen LogP contribution in [0.5, 0.6) is 0 Å². The first-order valence-electron chi connectivity index (χ1n) is 8.24. The average molecular weight is 273 g/mol. The lowest BCUT2D eigenvalue weighted by atomic mass is 10.00. The Morgan fingerprint density at radius 2 is 2.10 bits per heavy atom. The number of nitrogens with one attached hydrogen (secondary N) is 1. The molecule has 3 rings (SSSR count). The zero-order valence-electron chi connectivity index (χ0n) is 12.9. The lowest BCUT2D eigenvalue weighted by molar-refractivity contribution is 0.446. The van der Waals surface area contributed by atoms with E-state index in [2.05, 4.69) is 36.2 Å². The molecule has 1 saturated carbocycles. The summed E-state index contributed by atoms with van der Waals surface area (Å²) in [6.07, 6.45) is 7.92. The highest BCUT2D eigenvalue weighted by Gasteiger charge is 2.23. The van der Waals surface area contributed by atoms with Crippen LogP contribution in [0.1, 0.15) is 56.7 Å². The van der Waals surface area contributed by atoms with Gasteiger partial charge in [0.2, 0.25) is 0 Å². The quantitative estimate of drug-likeness (QED) is 0.891. The summed E-state index contributed by atoms with van der Waals surface area (Å²) in [5, 5.41) is 3.58. The van der Waals surface area contributed by atoms with Gasteiger partial charge in [-0.2, -0.15) is 0 Å². The van der Waals surface area contributed by atoms with Gasteiger partial charge >= 0.3 is 0 Å². The third-order valence-electron chi connectivity index (χ3n) is 4.73. The molecule has 1 atom stereocenters. The van der Waals surface area contributed by atoms with Gasteiger partial charge in [-0.3, -0.25) is 0 Å². The number of hydrogen-bond acceptors (Lipinski definition) is 3. The summed E-state index contributed by atoms with van der Waals surface area (Å²) in [4.78, 5) is 7.40. The molecule has 2 heterocycles. The van der Waals surface area contributed by atoms with Crippen molar-refractivity contribution in [3.63, 3.8) is 0 Å². The minimum absolute atomic E-state index is 0.686. The molecule has 110 valence electrons. The fourth-order valence-corrected chi connectivity index (χ4v) is 3.19. The molecule has 1 aliphatic carbocycles. The van der Waals surface area contributed by atoms with Crippen LogP contribution in [-0.2, 0) is 6.54 Å². The zero-order valence-corrected chi connectivity index (χ0v) is 12.9. The van der Waals surface area contributed by atoms with Gasteiger partial charge in [-0.05, 0) is 57.1 Å². The summed E-state index contributed by atoms with van der Waals surface area (Å²) >= 11 is 0. The van der Waals surface area contributed by atoms with E-state index in [9.17, 15) is 0 Å². The maximum atomic E-state index is 4.88. The largest absolute Gasteiger partial charge is 0.354 e. The number of aromatic nitrogens is 1. The zero-order chi connectivity index (χ0) is 13.9. The van der Waals surface area contributed by atoms with Gasteiger partial charge in [-0.15, -0.1) is 0 Å². The Labute approximate surface area is 122 Å². The maximum absolute atomic E-state index is 4.88. The summed E-state index contributed by atoms with van der Waals surface area (Å²) < 4.78 is 0. The lowest BCUT2D eigenvalue weighted by Crippen LogP contribution is -2.39. The third kappa shape index (κ3) is 3.14. The number of pyridine rings is 1. The van der Waals surface area contributed by atoms with Gasteiger partial charge in [0.25, 0.3) is 0 Å². The summed E-state index contributed by atoms with van der Waals surface area (Å²) in [6.45, 7) is 6.59. The van der Waals surface area contributed by atoms with E-state index < -0.39 is 0 Å². The van der Waals surface area contributed by atoms with Crippen molar-refractivity contribution in [1.82, 2.24) is 10.3 Å². The Balaban J connectivity index is 1.70. The fourth-order valence-electron chi connectivity index (χ4n) is 3.19. The fraction of sp³-hybridized carbons (Fsp3) is 0.706. The molecule has 1 unspecified atom stereocenters. The number of rotatable bonds is 5. The Morgan fingerprint density at radius 3 is 2.80 bits per heavy atom. The minimum Gasteiger partial charge on any atom is -0.354 e. The first-order chi connectivity index (χ1) is 9.78. The van der Waals surface area contributed by atoms with Crippen LogP contribution in [0.2, 0.25) is 0 Å². The highest BCUT2D eigenvalue weighted by molar-refractivity contribution is 5.43. The smallest absolute Gasteiger partial charge is 0.129 e. The Hall–Kier alpha value is -1.09. The Bertz CT molecular complexity index is 454. The van der Waals surface area contributed by atoms with Crippen LogP contribution in [0.15, 0.2) is 12.1 Å². The van der Waals surface area contributed by atoms with Crippen molar-refractivity contribution in [2.75, 3.05) is 11.4 Å². The molecular weight excluding hydrogens is 246 g/mol. The van der Waals surface area contributed by atoms with Gasteiger partial charge < -0.3 is 10.2 Å². The normalized spacial score (nSPS) is 23.1. The van der Waals surface area contributed by atoms with Crippen LogP contribution in [-0.4, -0.2) is 23.6 Å². The molecule has 0 spiro atoms. The number of aryl methyl sites for hydroxylation is 1. The topological polar surface area (TPSA) is 28.2 Å². The number of nitrogens with zero attached hydrogens (tertiary/aromatic N) is 2. The first-order valence-corrected chi connectivity index (χ1v) is 8.24. The molecule has 0 aromatic carbocycles. The molecule has 3 heteroatoms. The van der Waals surface area contributed by atoms with E-state index in [4.69, 9.17) is 4.98 Å². The molecule has 0 amide bonds. The molecule has 1 aromatic heterocycles. The summed E-state index contributed by atoms with van der Waals surface area (Å²) in [7, 11) is 0. The second-order valence-corrected chi connectivity index (χ2v) is 6.32. The standard InChI is InChI=1S/C17H27N3/c1-3-16-6-4-5-11-20(16)17-10-7-14(13(2)19-17)12-18-15-8-9-15/h7,10,15-16,18H,3-6,8-9,11-12H2,1-2H3. The van der Waals surface area contributed by atoms with Gasteiger partial charge in [0.05, 0.1) is 0 Å². The van der Waals surface area contributed by atoms with Gasteiger partial charge in [-0.1, -0.05) is 13.0 Å². The molecule has 3 nitrogen and oxygen atoms in total. The van der Waals surface area contributed by atoms with Crippen molar-refractivity contribution in [1.29, 1.82) is 0 Å². The van der Waals surface area contributed by atoms with Crippen LogP contribution in [0.3, 0.4) is 0 Å². The van der Waals surface area contributed by atoms with E-state index in [0.29, 0.717) is 6.04 Å². The maximum Gasteiger partial charge on any atom is 0.129 e. The molecule has 0 bridgehead atoms. The third-order valence-corrected chi connectivity index (χ3v) is 4.73. The highest BCUT2D eigenvalue weighted by Crippen LogP contribution is 2.26. The molecule has 1 aliphatic heterocycles. The SMILES string of the molecule is CCC1CCCCN1c1ccc(CNC2CC2)c(C)n1. The van der Waals surface area contributed by atoms with E-state index in [1.165, 1.54) is 62.1 Å². The molecule has 1 aromatic rings.